The minimum absolute atomic E-state index is 0. The Hall–Kier alpha value is -0.510. The zero-order valence-electron chi connectivity index (χ0n) is 6.07. The molecule has 0 aliphatic carbocycles. The van der Waals surface area contributed by atoms with E-state index < -0.39 is 0 Å². The molecule has 1 rings (SSSR count). The number of anilines is 1. The van der Waals surface area contributed by atoms with Gasteiger partial charge in [-0.1, -0.05) is 0 Å². The molecule has 11 heavy (non-hydrogen) atoms. The average molecular weight is 196 g/mol. The van der Waals surface area contributed by atoms with E-state index in [1.165, 1.54) is 0 Å². The van der Waals surface area contributed by atoms with Crippen molar-refractivity contribution >= 4 is 30.5 Å². The number of nitrogens with one attached hydrogen (secondary N) is 1. The van der Waals surface area contributed by atoms with Gasteiger partial charge in [-0.05, 0) is 19.1 Å². The number of nitrogens with two attached hydrogens (primary N) is 1. The van der Waals surface area contributed by atoms with Crippen LogP contribution < -0.4 is 11.3 Å². The van der Waals surface area contributed by atoms with Crippen molar-refractivity contribution in [1.29, 1.82) is 0 Å². The molecule has 0 bridgehead atoms. The van der Waals surface area contributed by atoms with Gasteiger partial charge in [0, 0.05) is 6.20 Å². The zero-order valence-corrected chi connectivity index (χ0v) is 7.71. The van der Waals surface area contributed by atoms with E-state index in [1.807, 2.05) is 19.1 Å². The first-order valence-corrected chi connectivity index (χ1v) is 2.73. The number of hydrazine groups is 1. The molecule has 3 nitrogen and oxygen atoms in total. The second-order valence-electron chi connectivity index (χ2n) is 1.78. The molecule has 0 spiro atoms. The van der Waals surface area contributed by atoms with Crippen molar-refractivity contribution in [3.05, 3.63) is 24.0 Å². The van der Waals surface area contributed by atoms with E-state index in [0.717, 1.165) is 11.4 Å². The minimum atomic E-state index is 0. The number of hydrogen-bond acceptors (Lipinski definition) is 3. The van der Waals surface area contributed by atoms with Crippen molar-refractivity contribution in [2.24, 2.45) is 5.84 Å². The molecule has 0 radical (unpaired) electrons. The van der Waals surface area contributed by atoms with Gasteiger partial charge in [0.1, 0.15) is 0 Å². The molecule has 0 aromatic carbocycles. The van der Waals surface area contributed by atoms with Crippen LogP contribution in [0.15, 0.2) is 18.3 Å². The van der Waals surface area contributed by atoms with Crippen molar-refractivity contribution in [3.8, 4) is 0 Å². The Kier molecular flexibility index (Phi) is 7.41. The predicted octanol–water partition coefficient (Wildman–Crippen LogP) is 1.52. The van der Waals surface area contributed by atoms with Gasteiger partial charge in [0.2, 0.25) is 0 Å². The van der Waals surface area contributed by atoms with Crippen LogP contribution in [0.2, 0.25) is 0 Å². The maximum atomic E-state index is 5.16. The molecule has 0 atom stereocenters. The van der Waals surface area contributed by atoms with Crippen LogP contribution in [-0.2, 0) is 0 Å². The van der Waals surface area contributed by atoms with Gasteiger partial charge in [0.15, 0.2) is 0 Å². The minimum Gasteiger partial charge on any atom is -0.322 e. The summed E-state index contributed by atoms with van der Waals surface area (Å²) in [6.07, 6.45) is 1.73. The Morgan fingerprint density at radius 2 is 2.09 bits per heavy atom. The molecule has 0 unspecified atom stereocenters. The lowest BCUT2D eigenvalue weighted by atomic mass is 10.3. The van der Waals surface area contributed by atoms with Gasteiger partial charge < -0.3 is 5.43 Å². The molecule has 0 saturated heterocycles. The molecule has 0 aliphatic rings. The predicted molar refractivity (Wildman–Crippen MR) is 51.3 cm³/mol. The van der Waals surface area contributed by atoms with Crippen LogP contribution in [0.1, 0.15) is 5.69 Å². The zero-order chi connectivity index (χ0) is 6.69. The Bertz CT molecular complexity index is 205. The number of halogens is 2. The topological polar surface area (TPSA) is 50.9 Å². The van der Waals surface area contributed by atoms with E-state index in [-0.39, 0.29) is 24.8 Å². The molecular weight excluding hydrogens is 185 g/mol. The van der Waals surface area contributed by atoms with Crippen LogP contribution >= 0.6 is 24.8 Å². The van der Waals surface area contributed by atoms with E-state index in [9.17, 15) is 0 Å². The van der Waals surface area contributed by atoms with Gasteiger partial charge in [0.25, 0.3) is 0 Å². The second kappa shape index (κ2) is 6.22. The quantitative estimate of drug-likeness (QED) is 0.528. The van der Waals surface area contributed by atoms with Crippen LogP contribution in [0.4, 0.5) is 5.69 Å². The lowest BCUT2D eigenvalue weighted by molar-refractivity contribution is 1.17. The first-order valence-electron chi connectivity index (χ1n) is 2.73. The number of aromatic nitrogens is 1. The van der Waals surface area contributed by atoms with Crippen LogP contribution in [0, 0.1) is 6.92 Å². The van der Waals surface area contributed by atoms with Crippen LogP contribution in [-0.4, -0.2) is 4.98 Å². The van der Waals surface area contributed by atoms with Crippen molar-refractivity contribution in [2.75, 3.05) is 5.43 Å². The highest BCUT2D eigenvalue weighted by Crippen LogP contribution is 2.06. The van der Waals surface area contributed by atoms with Gasteiger partial charge in [-0.2, -0.15) is 0 Å². The summed E-state index contributed by atoms with van der Waals surface area (Å²) in [6, 6.07) is 3.71. The number of hydrogen-bond donors (Lipinski definition) is 2. The van der Waals surface area contributed by atoms with E-state index in [0.29, 0.717) is 0 Å². The number of pyridine rings is 1. The summed E-state index contributed by atoms with van der Waals surface area (Å²) in [5.41, 5.74) is 4.32. The summed E-state index contributed by atoms with van der Waals surface area (Å²) in [5.74, 6) is 5.16. The van der Waals surface area contributed by atoms with Gasteiger partial charge in [0.05, 0.1) is 11.4 Å². The molecule has 0 amide bonds. The van der Waals surface area contributed by atoms with E-state index in [2.05, 4.69) is 10.4 Å². The van der Waals surface area contributed by atoms with Gasteiger partial charge in [-0.15, -0.1) is 24.8 Å². The Labute approximate surface area is 78.2 Å². The lowest BCUT2D eigenvalue weighted by Gasteiger charge is -2.00. The summed E-state index contributed by atoms with van der Waals surface area (Å²) in [5, 5.41) is 0. The van der Waals surface area contributed by atoms with Gasteiger partial charge in [-0.3, -0.25) is 10.8 Å². The van der Waals surface area contributed by atoms with Crippen molar-refractivity contribution in [1.82, 2.24) is 4.98 Å². The maximum absolute atomic E-state index is 5.16. The van der Waals surface area contributed by atoms with Crippen molar-refractivity contribution < 1.29 is 0 Å². The number of nitrogens with zero attached hydrogens (tertiary/aromatic N) is 1. The Balaban J connectivity index is 0. The summed E-state index contributed by atoms with van der Waals surface area (Å²) < 4.78 is 0. The fraction of sp³-hybridized carbons (Fsp3) is 0.167. The first kappa shape index (κ1) is 13.1. The summed E-state index contributed by atoms with van der Waals surface area (Å²) in [4.78, 5) is 4.01. The molecule has 3 N–H and O–H groups in total. The third kappa shape index (κ3) is 3.41. The summed E-state index contributed by atoms with van der Waals surface area (Å²) in [7, 11) is 0. The normalized spacial score (nSPS) is 7.45. The Morgan fingerprint density at radius 3 is 2.45 bits per heavy atom. The van der Waals surface area contributed by atoms with Crippen molar-refractivity contribution in [2.45, 2.75) is 6.92 Å². The van der Waals surface area contributed by atoms with Gasteiger partial charge in [-0.25, -0.2) is 0 Å². The lowest BCUT2D eigenvalue weighted by Crippen LogP contribution is -2.08. The molecule has 64 valence electrons. The van der Waals surface area contributed by atoms with E-state index in [1.54, 1.807) is 6.20 Å². The third-order valence-corrected chi connectivity index (χ3v) is 1.16. The molecule has 0 aliphatic heterocycles. The molecule has 1 aromatic heterocycles. The largest absolute Gasteiger partial charge is 0.322 e. The second-order valence-corrected chi connectivity index (χ2v) is 1.78. The number of rotatable bonds is 1. The van der Waals surface area contributed by atoms with Gasteiger partial charge >= 0.3 is 0 Å². The molecule has 5 heteroatoms. The fourth-order valence-electron chi connectivity index (χ4n) is 0.637. The standard InChI is InChI=1S/C6H9N3.2ClH/c1-5-6(9-7)3-2-4-8-5;;/h2-4,9H,7H2,1H3;2*1H. The molecule has 0 fully saturated rings. The van der Waals surface area contributed by atoms with Crippen LogP contribution in [0.5, 0.6) is 0 Å². The monoisotopic (exact) mass is 195 g/mol. The van der Waals surface area contributed by atoms with E-state index >= 15 is 0 Å². The highest BCUT2D eigenvalue weighted by molar-refractivity contribution is 5.85. The maximum Gasteiger partial charge on any atom is 0.0698 e. The SMILES string of the molecule is Cc1ncccc1NN.Cl.Cl. The molecule has 1 aromatic rings. The van der Waals surface area contributed by atoms with Crippen LogP contribution in [0.25, 0.3) is 0 Å². The number of aryl methyl sites for hydroxylation is 1. The fourth-order valence-corrected chi connectivity index (χ4v) is 0.637. The van der Waals surface area contributed by atoms with Crippen LogP contribution in [0.3, 0.4) is 0 Å². The average Bonchev–Trinajstić information content (AvgIpc) is 1.89. The third-order valence-electron chi connectivity index (χ3n) is 1.16. The highest BCUT2D eigenvalue weighted by atomic mass is 35.5. The Morgan fingerprint density at radius 1 is 1.45 bits per heavy atom. The number of nitrogen functional groups attached to an aromatic ring is 1. The molecule has 1 heterocycles. The molecule has 0 saturated carbocycles. The van der Waals surface area contributed by atoms with E-state index in [4.69, 9.17) is 5.84 Å². The van der Waals surface area contributed by atoms with Crippen molar-refractivity contribution in [3.63, 3.8) is 0 Å². The highest BCUT2D eigenvalue weighted by Gasteiger charge is 1.90. The smallest absolute Gasteiger partial charge is 0.0698 e. The summed E-state index contributed by atoms with van der Waals surface area (Å²) in [6.45, 7) is 1.90. The summed E-state index contributed by atoms with van der Waals surface area (Å²) >= 11 is 0. The first-order chi connectivity index (χ1) is 4.34. The molecular formula is C6H11Cl2N3.